The molecule has 156 valence electrons. The molecular formula is C23H23NO6. The number of fused-ring (bicyclic) bond motifs is 1. The van der Waals surface area contributed by atoms with Crippen LogP contribution in [-0.2, 0) is 25.5 Å². The Balaban J connectivity index is 1.28. The molecule has 0 radical (unpaired) electrons. The molecule has 0 aliphatic carbocycles. The van der Waals surface area contributed by atoms with Gasteiger partial charge in [0, 0.05) is 0 Å². The van der Waals surface area contributed by atoms with E-state index in [0.717, 1.165) is 16.9 Å². The lowest BCUT2D eigenvalue weighted by atomic mass is 10.1. The highest BCUT2D eigenvalue weighted by Crippen LogP contribution is 2.21. The lowest BCUT2D eigenvalue weighted by Crippen LogP contribution is -2.33. The van der Waals surface area contributed by atoms with Crippen LogP contribution in [0.25, 0.3) is 0 Å². The molecule has 0 bridgehead atoms. The van der Waals surface area contributed by atoms with E-state index in [1.54, 1.807) is 24.3 Å². The number of Topliss-reactive ketones (excluding diaryl/α,β-unsaturated/α-hetero) is 1. The number of ketones is 1. The number of ether oxygens (including phenoxy) is 2. The summed E-state index contributed by atoms with van der Waals surface area (Å²) in [7, 11) is 0. The maximum atomic E-state index is 12.2. The molecule has 0 unspecified atom stereocenters. The summed E-state index contributed by atoms with van der Waals surface area (Å²) >= 11 is 0. The zero-order chi connectivity index (χ0) is 21.3. The van der Waals surface area contributed by atoms with Crippen LogP contribution in [0.15, 0.2) is 54.6 Å². The van der Waals surface area contributed by atoms with Gasteiger partial charge in [0.15, 0.2) is 5.78 Å². The summed E-state index contributed by atoms with van der Waals surface area (Å²) < 4.78 is 10.3. The maximum absolute atomic E-state index is 12.2. The highest BCUT2D eigenvalue weighted by molar-refractivity contribution is 6.21. The summed E-state index contributed by atoms with van der Waals surface area (Å²) in [5.41, 5.74) is 1.90. The van der Waals surface area contributed by atoms with E-state index in [1.807, 2.05) is 30.3 Å². The van der Waals surface area contributed by atoms with Crippen LogP contribution >= 0.6 is 0 Å². The monoisotopic (exact) mass is 409 g/mol. The second-order valence-corrected chi connectivity index (χ2v) is 6.89. The quantitative estimate of drug-likeness (QED) is 0.245. The van der Waals surface area contributed by atoms with Crippen LogP contribution in [0, 0.1) is 0 Å². The topological polar surface area (TPSA) is 90.0 Å². The Labute approximate surface area is 174 Å². The van der Waals surface area contributed by atoms with Gasteiger partial charge in [-0.3, -0.25) is 24.1 Å². The van der Waals surface area contributed by atoms with Gasteiger partial charge in [0.05, 0.1) is 30.9 Å². The highest BCUT2D eigenvalue weighted by Gasteiger charge is 2.34. The second-order valence-electron chi connectivity index (χ2n) is 6.89. The predicted molar refractivity (Wildman–Crippen MR) is 108 cm³/mol. The molecule has 1 heterocycles. The van der Waals surface area contributed by atoms with Crippen LogP contribution in [0.1, 0.15) is 39.1 Å². The van der Waals surface area contributed by atoms with Crippen LogP contribution in [0.5, 0.6) is 0 Å². The first-order chi connectivity index (χ1) is 14.6. The van der Waals surface area contributed by atoms with Gasteiger partial charge in [-0.1, -0.05) is 42.5 Å². The molecule has 0 fully saturated rings. The van der Waals surface area contributed by atoms with Crippen molar-refractivity contribution in [2.45, 2.75) is 19.3 Å². The fourth-order valence-corrected chi connectivity index (χ4v) is 3.15. The molecule has 7 nitrogen and oxygen atoms in total. The van der Waals surface area contributed by atoms with Gasteiger partial charge < -0.3 is 9.47 Å². The van der Waals surface area contributed by atoms with Crippen molar-refractivity contribution in [3.8, 4) is 0 Å². The lowest BCUT2D eigenvalue weighted by molar-refractivity contribution is -0.147. The van der Waals surface area contributed by atoms with Crippen LogP contribution in [0.4, 0.5) is 0 Å². The van der Waals surface area contributed by atoms with E-state index in [1.165, 1.54) is 0 Å². The van der Waals surface area contributed by atoms with Gasteiger partial charge in [0.2, 0.25) is 0 Å². The molecule has 1 aliphatic heterocycles. The first-order valence-electron chi connectivity index (χ1n) is 9.80. The first kappa shape index (κ1) is 21.4. The number of hydrogen-bond acceptors (Lipinski definition) is 6. The molecule has 3 rings (SSSR count). The molecule has 30 heavy (non-hydrogen) atoms. The third kappa shape index (κ3) is 5.61. The third-order valence-electron chi connectivity index (χ3n) is 4.66. The van der Waals surface area contributed by atoms with E-state index in [9.17, 15) is 19.2 Å². The first-order valence-corrected chi connectivity index (χ1v) is 9.80. The van der Waals surface area contributed by atoms with Crippen molar-refractivity contribution in [3.63, 3.8) is 0 Å². The van der Waals surface area contributed by atoms with Crippen molar-refractivity contribution in [1.82, 2.24) is 4.90 Å². The van der Waals surface area contributed by atoms with Crippen LogP contribution in [-0.4, -0.2) is 54.8 Å². The molecule has 0 saturated heterocycles. The van der Waals surface area contributed by atoms with Crippen molar-refractivity contribution in [3.05, 3.63) is 71.3 Å². The number of carbonyl (C=O) groups is 4. The Bertz CT molecular complexity index is 889. The summed E-state index contributed by atoms with van der Waals surface area (Å²) in [6.07, 6.45) is 1.11. The fourth-order valence-electron chi connectivity index (χ4n) is 3.15. The molecule has 1 aliphatic rings. The normalized spacial score (nSPS) is 12.7. The van der Waals surface area contributed by atoms with Gasteiger partial charge in [-0.05, 0) is 30.5 Å². The van der Waals surface area contributed by atoms with Crippen molar-refractivity contribution in [2.24, 2.45) is 0 Å². The SMILES string of the molecule is O=C(COCCN1C(=O)c2ccccc2C1=O)CC(=O)OCCCc1ccccc1. The Morgan fingerprint density at radius 1 is 0.833 bits per heavy atom. The number of aryl methyl sites for hydroxylation is 1. The van der Waals surface area contributed by atoms with E-state index in [4.69, 9.17) is 9.47 Å². The smallest absolute Gasteiger partial charge is 0.313 e. The summed E-state index contributed by atoms with van der Waals surface area (Å²) in [6, 6.07) is 16.5. The van der Waals surface area contributed by atoms with Gasteiger partial charge in [-0.25, -0.2) is 0 Å². The molecule has 0 N–H and O–H groups in total. The lowest BCUT2D eigenvalue weighted by Gasteiger charge is -2.13. The molecular weight excluding hydrogens is 386 g/mol. The number of esters is 1. The third-order valence-corrected chi connectivity index (χ3v) is 4.66. The van der Waals surface area contributed by atoms with Gasteiger partial charge in [0.1, 0.15) is 13.0 Å². The van der Waals surface area contributed by atoms with Gasteiger partial charge in [-0.2, -0.15) is 0 Å². The number of nitrogens with zero attached hydrogens (tertiary/aromatic N) is 1. The van der Waals surface area contributed by atoms with Crippen LogP contribution in [0.3, 0.4) is 0 Å². The predicted octanol–water partition coefficient (Wildman–Crippen LogP) is 2.43. The molecule has 2 aromatic carbocycles. The van der Waals surface area contributed by atoms with E-state index < -0.39 is 11.8 Å². The molecule has 0 spiro atoms. The van der Waals surface area contributed by atoms with E-state index in [0.29, 0.717) is 17.5 Å². The Hall–Kier alpha value is -3.32. The summed E-state index contributed by atoms with van der Waals surface area (Å²) in [5, 5.41) is 0. The molecule has 7 heteroatoms. The number of carbonyl (C=O) groups excluding carboxylic acids is 4. The summed E-state index contributed by atoms with van der Waals surface area (Å²) in [4.78, 5) is 49.1. The van der Waals surface area contributed by atoms with Crippen molar-refractivity contribution in [1.29, 1.82) is 0 Å². The number of rotatable bonds is 11. The van der Waals surface area contributed by atoms with Crippen molar-refractivity contribution < 1.29 is 28.7 Å². The molecule has 0 atom stereocenters. The standard InChI is InChI=1S/C23H23NO6/c25-18(15-21(26)30-13-6-9-17-7-2-1-3-8-17)16-29-14-12-24-22(27)19-10-4-5-11-20(19)23(24)28/h1-5,7-8,10-11H,6,9,12-16H2. The molecule has 0 aromatic heterocycles. The van der Waals surface area contributed by atoms with E-state index in [2.05, 4.69) is 0 Å². The van der Waals surface area contributed by atoms with Gasteiger partial charge in [0.25, 0.3) is 11.8 Å². The fraction of sp³-hybridized carbons (Fsp3) is 0.304. The number of amides is 2. The van der Waals surface area contributed by atoms with Crippen LogP contribution < -0.4 is 0 Å². The molecule has 0 saturated carbocycles. The van der Waals surface area contributed by atoms with Crippen molar-refractivity contribution in [2.75, 3.05) is 26.4 Å². The summed E-state index contributed by atoms with van der Waals surface area (Å²) in [6.45, 7) is 0.0385. The Morgan fingerprint density at radius 2 is 1.47 bits per heavy atom. The number of imide groups is 1. The zero-order valence-corrected chi connectivity index (χ0v) is 16.5. The minimum atomic E-state index is -0.586. The largest absolute Gasteiger partial charge is 0.465 e. The summed E-state index contributed by atoms with van der Waals surface area (Å²) in [5.74, 6) is -1.74. The Kier molecular flexibility index (Phi) is 7.45. The van der Waals surface area contributed by atoms with Crippen molar-refractivity contribution >= 4 is 23.6 Å². The van der Waals surface area contributed by atoms with Gasteiger partial charge >= 0.3 is 5.97 Å². The second kappa shape index (κ2) is 10.5. The minimum absolute atomic E-state index is 0.0172. The number of benzene rings is 2. The van der Waals surface area contributed by atoms with Gasteiger partial charge in [-0.15, -0.1) is 0 Å². The molecule has 2 aromatic rings. The minimum Gasteiger partial charge on any atom is -0.465 e. The Morgan fingerprint density at radius 3 is 2.13 bits per heavy atom. The average molecular weight is 409 g/mol. The number of hydrogen-bond donors (Lipinski definition) is 0. The average Bonchev–Trinajstić information content (AvgIpc) is 3.00. The highest BCUT2D eigenvalue weighted by atomic mass is 16.5. The zero-order valence-electron chi connectivity index (χ0n) is 16.5. The maximum Gasteiger partial charge on any atom is 0.313 e. The van der Waals surface area contributed by atoms with Crippen LogP contribution in [0.2, 0.25) is 0 Å². The van der Waals surface area contributed by atoms with E-state index >= 15 is 0 Å². The van der Waals surface area contributed by atoms with E-state index in [-0.39, 0.29) is 44.6 Å². The molecule has 2 amide bonds.